The zero-order valence-electron chi connectivity index (χ0n) is 16.2. The lowest BCUT2D eigenvalue weighted by Crippen LogP contribution is -2.52. The van der Waals surface area contributed by atoms with Crippen molar-refractivity contribution in [3.05, 3.63) is 28.8 Å². The van der Waals surface area contributed by atoms with Gasteiger partial charge in [0.05, 0.1) is 10.7 Å². The van der Waals surface area contributed by atoms with Gasteiger partial charge in [0.2, 0.25) is 0 Å². The van der Waals surface area contributed by atoms with Gasteiger partial charge in [-0.1, -0.05) is 17.7 Å². The second kappa shape index (κ2) is 8.59. The largest absolute Gasteiger partial charge is 0.325 e. The Morgan fingerprint density at radius 3 is 2.46 bits per heavy atom. The van der Waals surface area contributed by atoms with E-state index >= 15 is 0 Å². The summed E-state index contributed by atoms with van der Waals surface area (Å²) in [4.78, 5) is 19.5. The van der Waals surface area contributed by atoms with Crippen LogP contribution < -0.4 is 5.32 Å². The van der Waals surface area contributed by atoms with Gasteiger partial charge in [-0.15, -0.1) is 0 Å². The number of anilines is 1. The van der Waals surface area contributed by atoms with Gasteiger partial charge in [-0.3, -0.25) is 4.90 Å². The SMILES string of the molecule is Cc1ccc(Cl)c(NC(=O)N2CCC(C(C)N3CCN(C)CC3)CC2)c1. The van der Waals surface area contributed by atoms with Gasteiger partial charge in [0.1, 0.15) is 0 Å². The van der Waals surface area contributed by atoms with Crippen LogP contribution >= 0.6 is 11.6 Å². The lowest BCUT2D eigenvalue weighted by Gasteiger charge is -2.42. The van der Waals surface area contributed by atoms with E-state index in [0.29, 0.717) is 22.7 Å². The first-order valence-corrected chi connectivity index (χ1v) is 10.1. The topological polar surface area (TPSA) is 38.8 Å². The first-order chi connectivity index (χ1) is 12.4. The normalized spacial score (nSPS) is 21.6. The van der Waals surface area contributed by atoms with Crippen LogP contribution in [0.5, 0.6) is 0 Å². The summed E-state index contributed by atoms with van der Waals surface area (Å²) in [5, 5.41) is 3.56. The maximum absolute atomic E-state index is 12.6. The fourth-order valence-electron chi connectivity index (χ4n) is 4.04. The van der Waals surface area contributed by atoms with Gasteiger partial charge in [0.25, 0.3) is 0 Å². The van der Waals surface area contributed by atoms with Gasteiger partial charge >= 0.3 is 6.03 Å². The average Bonchev–Trinajstić information content (AvgIpc) is 2.65. The molecule has 1 aromatic rings. The van der Waals surface area contributed by atoms with Gasteiger partial charge in [-0.05, 0) is 57.4 Å². The van der Waals surface area contributed by atoms with E-state index < -0.39 is 0 Å². The number of piperazine rings is 1. The van der Waals surface area contributed by atoms with E-state index in [1.165, 1.54) is 0 Å². The number of hydrogen-bond donors (Lipinski definition) is 1. The van der Waals surface area contributed by atoms with E-state index in [4.69, 9.17) is 11.6 Å². The van der Waals surface area contributed by atoms with Crippen LogP contribution in [-0.2, 0) is 0 Å². The molecule has 6 heteroatoms. The van der Waals surface area contributed by atoms with E-state index in [9.17, 15) is 4.79 Å². The Balaban J connectivity index is 1.50. The number of nitrogens with zero attached hydrogens (tertiary/aromatic N) is 3. The van der Waals surface area contributed by atoms with Crippen LogP contribution in [0.4, 0.5) is 10.5 Å². The van der Waals surface area contributed by atoms with Crippen molar-refractivity contribution >= 4 is 23.3 Å². The highest BCUT2D eigenvalue weighted by atomic mass is 35.5. The van der Waals surface area contributed by atoms with Gasteiger partial charge < -0.3 is 15.1 Å². The molecular weight excluding hydrogens is 348 g/mol. The van der Waals surface area contributed by atoms with Gasteiger partial charge in [0.15, 0.2) is 0 Å². The first-order valence-electron chi connectivity index (χ1n) is 9.68. The highest BCUT2D eigenvalue weighted by Crippen LogP contribution is 2.27. The number of likely N-dealkylation sites (N-methyl/N-ethyl adjacent to an activating group) is 1. The predicted octanol–water partition coefficient (Wildman–Crippen LogP) is 3.53. The Bertz CT molecular complexity index is 622. The molecule has 26 heavy (non-hydrogen) atoms. The zero-order chi connectivity index (χ0) is 18.7. The van der Waals surface area contributed by atoms with E-state index in [2.05, 4.69) is 29.1 Å². The molecule has 5 nitrogen and oxygen atoms in total. The summed E-state index contributed by atoms with van der Waals surface area (Å²) in [6, 6.07) is 6.26. The fourth-order valence-corrected chi connectivity index (χ4v) is 4.21. The van der Waals surface area contributed by atoms with Crippen molar-refractivity contribution in [2.45, 2.75) is 32.7 Å². The second-order valence-electron chi connectivity index (χ2n) is 7.82. The third-order valence-electron chi connectivity index (χ3n) is 5.99. The molecule has 1 unspecified atom stereocenters. The molecule has 0 saturated carbocycles. The number of hydrogen-bond acceptors (Lipinski definition) is 3. The summed E-state index contributed by atoms with van der Waals surface area (Å²) in [7, 11) is 2.19. The molecule has 0 aliphatic carbocycles. The predicted molar refractivity (Wildman–Crippen MR) is 108 cm³/mol. The van der Waals surface area contributed by atoms with Crippen molar-refractivity contribution in [2.24, 2.45) is 5.92 Å². The van der Waals surface area contributed by atoms with Gasteiger partial charge in [0, 0.05) is 45.3 Å². The molecule has 2 fully saturated rings. The number of nitrogens with one attached hydrogen (secondary N) is 1. The average molecular weight is 379 g/mol. The number of urea groups is 1. The smallest absolute Gasteiger partial charge is 0.321 e. The fraction of sp³-hybridized carbons (Fsp3) is 0.650. The second-order valence-corrected chi connectivity index (χ2v) is 8.22. The van der Waals surface area contributed by atoms with Crippen molar-refractivity contribution in [1.82, 2.24) is 14.7 Å². The molecule has 0 radical (unpaired) electrons. The number of carbonyl (C=O) groups excluding carboxylic acids is 1. The summed E-state index contributed by atoms with van der Waals surface area (Å²) >= 11 is 6.20. The minimum atomic E-state index is -0.0387. The third kappa shape index (κ3) is 4.70. The molecule has 2 aliphatic rings. The molecule has 144 valence electrons. The quantitative estimate of drug-likeness (QED) is 0.874. The summed E-state index contributed by atoms with van der Waals surface area (Å²) in [5.74, 6) is 0.671. The van der Waals surface area contributed by atoms with Crippen LogP contribution in [0.1, 0.15) is 25.3 Å². The maximum Gasteiger partial charge on any atom is 0.321 e. The highest BCUT2D eigenvalue weighted by molar-refractivity contribution is 6.33. The minimum absolute atomic E-state index is 0.0387. The molecule has 1 atom stereocenters. The molecule has 0 spiro atoms. The van der Waals surface area contributed by atoms with Crippen LogP contribution in [0.15, 0.2) is 18.2 Å². The molecule has 2 amide bonds. The van der Waals surface area contributed by atoms with E-state index in [1.807, 2.05) is 30.0 Å². The monoisotopic (exact) mass is 378 g/mol. The van der Waals surface area contributed by atoms with Crippen molar-refractivity contribution in [3.63, 3.8) is 0 Å². The molecule has 2 heterocycles. The maximum atomic E-state index is 12.6. The molecule has 2 saturated heterocycles. The van der Waals surface area contributed by atoms with Crippen molar-refractivity contribution < 1.29 is 4.79 Å². The summed E-state index contributed by atoms with van der Waals surface area (Å²) in [6.45, 7) is 10.6. The number of rotatable bonds is 3. The van der Waals surface area contributed by atoms with E-state index in [-0.39, 0.29) is 6.03 Å². The minimum Gasteiger partial charge on any atom is -0.325 e. The summed E-state index contributed by atoms with van der Waals surface area (Å²) < 4.78 is 0. The van der Waals surface area contributed by atoms with Crippen LogP contribution in [0, 0.1) is 12.8 Å². The van der Waals surface area contributed by atoms with E-state index in [1.54, 1.807) is 0 Å². The Hall–Kier alpha value is -1.30. The molecule has 0 bridgehead atoms. The summed E-state index contributed by atoms with van der Waals surface area (Å²) in [6.07, 6.45) is 2.14. The molecule has 3 rings (SSSR count). The van der Waals surface area contributed by atoms with E-state index in [0.717, 1.165) is 57.7 Å². The van der Waals surface area contributed by atoms with Crippen LogP contribution in [0.2, 0.25) is 5.02 Å². The van der Waals surface area contributed by atoms with Gasteiger partial charge in [-0.25, -0.2) is 4.79 Å². The van der Waals surface area contributed by atoms with Crippen molar-refractivity contribution in [2.75, 3.05) is 51.6 Å². The lowest BCUT2D eigenvalue weighted by atomic mass is 9.89. The number of benzene rings is 1. The number of aryl methyl sites for hydroxylation is 1. The van der Waals surface area contributed by atoms with Gasteiger partial charge in [-0.2, -0.15) is 0 Å². The Kier molecular flexibility index (Phi) is 6.43. The standard InChI is InChI=1S/C20H31ClN4O/c1-15-4-5-18(21)19(14-15)22-20(26)25-8-6-17(7-9-25)16(2)24-12-10-23(3)11-13-24/h4-5,14,16-17H,6-13H2,1-3H3,(H,22,26). The Labute approximate surface area is 162 Å². The van der Waals surface area contributed by atoms with Crippen LogP contribution in [0.3, 0.4) is 0 Å². The lowest BCUT2D eigenvalue weighted by molar-refractivity contribution is 0.0676. The van der Waals surface area contributed by atoms with Crippen molar-refractivity contribution in [1.29, 1.82) is 0 Å². The number of amides is 2. The molecule has 1 N–H and O–H groups in total. The van der Waals surface area contributed by atoms with Crippen molar-refractivity contribution in [3.8, 4) is 0 Å². The van der Waals surface area contributed by atoms with Crippen LogP contribution in [-0.4, -0.2) is 73.1 Å². The molecule has 2 aliphatic heterocycles. The van der Waals surface area contributed by atoms with Crippen LogP contribution in [0.25, 0.3) is 0 Å². The molecule has 0 aromatic heterocycles. The number of halogens is 1. The Morgan fingerprint density at radius 2 is 1.81 bits per heavy atom. The third-order valence-corrected chi connectivity index (χ3v) is 6.32. The number of carbonyl (C=O) groups is 1. The number of likely N-dealkylation sites (tertiary alicyclic amines) is 1. The molecular formula is C20H31ClN4O. The number of piperidine rings is 1. The zero-order valence-corrected chi connectivity index (χ0v) is 16.9. The highest BCUT2D eigenvalue weighted by Gasteiger charge is 2.30. The Morgan fingerprint density at radius 1 is 1.15 bits per heavy atom. The summed E-state index contributed by atoms with van der Waals surface area (Å²) in [5.41, 5.74) is 1.79. The molecule has 1 aromatic carbocycles. The first kappa shape index (κ1) is 19.5.